The molecule has 0 heterocycles. The normalized spacial score (nSPS) is 18.1. The standard InChI is InChI=1S/C12H14F2N2O2S2/c13-8-3-4-10(9(14)7-8)20(17,18)16-12(11(15)19)5-1-2-6-12/h3-4,7,16H,1-2,5-6H2,(H2,15,19). The summed E-state index contributed by atoms with van der Waals surface area (Å²) in [5, 5.41) is 0. The molecule has 4 nitrogen and oxygen atoms in total. The average Bonchev–Trinajstić information content (AvgIpc) is 2.77. The predicted octanol–water partition coefficient (Wildman–Crippen LogP) is 1.84. The van der Waals surface area contributed by atoms with Gasteiger partial charge in [0.2, 0.25) is 10.0 Å². The van der Waals surface area contributed by atoms with Crippen molar-refractivity contribution in [3.63, 3.8) is 0 Å². The van der Waals surface area contributed by atoms with Gasteiger partial charge in [-0.05, 0) is 25.0 Å². The zero-order valence-corrected chi connectivity index (χ0v) is 12.2. The van der Waals surface area contributed by atoms with Crippen molar-refractivity contribution in [3.8, 4) is 0 Å². The van der Waals surface area contributed by atoms with E-state index in [0.29, 0.717) is 18.9 Å². The second-order valence-electron chi connectivity index (χ2n) is 4.83. The van der Waals surface area contributed by atoms with Gasteiger partial charge in [-0.3, -0.25) is 0 Å². The van der Waals surface area contributed by atoms with Gasteiger partial charge in [0, 0.05) is 6.07 Å². The molecule has 0 bridgehead atoms. The summed E-state index contributed by atoms with van der Waals surface area (Å²) in [5.41, 5.74) is 4.61. The fourth-order valence-corrected chi connectivity index (χ4v) is 4.20. The van der Waals surface area contributed by atoms with E-state index in [-0.39, 0.29) is 4.99 Å². The van der Waals surface area contributed by atoms with Crippen LogP contribution in [0.5, 0.6) is 0 Å². The minimum atomic E-state index is -4.15. The topological polar surface area (TPSA) is 72.2 Å². The minimum absolute atomic E-state index is 0.0427. The van der Waals surface area contributed by atoms with Gasteiger partial charge in [-0.1, -0.05) is 25.1 Å². The summed E-state index contributed by atoms with van der Waals surface area (Å²) in [6.45, 7) is 0. The summed E-state index contributed by atoms with van der Waals surface area (Å²) in [6.07, 6.45) is 2.52. The number of hydrogen-bond donors (Lipinski definition) is 2. The predicted molar refractivity (Wildman–Crippen MR) is 74.7 cm³/mol. The van der Waals surface area contributed by atoms with Crippen molar-refractivity contribution in [2.24, 2.45) is 5.73 Å². The number of rotatable bonds is 4. The maximum absolute atomic E-state index is 13.6. The first-order chi connectivity index (χ1) is 9.27. The monoisotopic (exact) mass is 320 g/mol. The Labute approximate surface area is 121 Å². The second-order valence-corrected chi connectivity index (χ2v) is 6.92. The van der Waals surface area contributed by atoms with Gasteiger partial charge in [-0.2, -0.15) is 4.72 Å². The summed E-state index contributed by atoms with van der Waals surface area (Å²) in [5.74, 6) is -1.99. The van der Waals surface area contributed by atoms with Gasteiger partial charge in [0.15, 0.2) is 0 Å². The quantitative estimate of drug-likeness (QED) is 0.831. The molecular weight excluding hydrogens is 306 g/mol. The SMILES string of the molecule is NC(=S)C1(NS(=O)(=O)c2ccc(F)cc2F)CCCC1. The number of benzene rings is 1. The molecule has 1 saturated carbocycles. The summed E-state index contributed by atoms with van der Waals surface area (Å²) in [4.78, 5) is -0.567. The Hall–Kier alpha value is -1.12. The van der Waals surface area contributed by atoms with E-state index in [9.17, 15) is 17.2 Å². The highest BCUT2D eigenvalue weighted by atomic mass is 32.2. The van der Waals surface area contributed by atoms with E-state index in [1.807, 2.05) is 0 Å². The first kappa shape index (κ1) is 15.3. The van der Waals surface area contributed by atoms with Crippen molar-refractivity contribution in [1.82, 2.24) is 4.72 Å². The van der Waals surface area contributed by atoms with E-state index in [2.05, 4.69) is 4.72 Å². The Morgan fingerprint density at radius 3 is 2.40 bits per heavy atom. The third kappa shape index (κ3) is 2.82. The number of nitrogens with two attached hydrogens (primary N) is 1. The molecule has 0 saturated heterocycles. The maximum Gasteiger partial charge on any atom is 0.244 e. The van der Waals surface area contributed by atoms with Crippen LogP contribution in [0.2, 0.25) is 0 Å². The second kappa shape index (κ2) is 5.34. The van der Waals surface area contributed by atoms with Gasteiger partial charge in [-0.15, -0.1) is 0 Å². The molecule has 8 heteroatoms. The molecule has 1 aromatic rings. The Morgan fingerprint density at radius 2 is 1.90 bits per heavy atom. The van der Waals surface area contributed by atoms with Gasteiger partial charge < -0.3 is 5.73 Å². The minimum Gasteiger partial charge on any atom is -0.392 e. The molecule has 20 heavy (non-hydrogen) atoms. The van der Waals surface area contributed by atoms with E-state index >= 15 is 0 Å². The lowest BCUT2D eigenvalue weighted by atomic mass is 10.00. The third-order valence-electron chi connectivity index (χ3n) is 3.44. The van der Waals surface area contributed by atoms with Crippen LogP contribution in [0.15, 0.2) is 23.1 Å². The fourth-order valence-electron chi connectivity index (χ4n) is 2.38. The van der Waals surface area contributed by atoms with Crippen LogP contribution in [0, 0.1) is 11.6 Å². The van der Waals surface area contributed by atoms with Crippen molar-refractivity contribution < 1.29 is 17.2 Å². The molecule has 0 aromatic heterocycles. The molecule has 0 radical (unpaired) electrons. The summed E-state index contributed by atoms with van der Waals surface area (Å²) >= 11 is 4.94. The number of thiocarbonyl (C=S) groups is 1. The molecule has 1 aliphatic rings. The van der Waals surface area contributed by atoms with Crippen molar-refractivity contribution in [2.45, 2.75) is 36.1 Å². The number of nitrogens with one attached hydrogen (secondary N) is 1. The van der Waals surface area contributed by atoms with Crippen LogP contribution in [-0.2, 0) is 10.0 Å². The van der Waals surface area contributed by atoms with Gasteiger partial charge in [-0.25, -0.2) is 17.2 Å². The van der Waals surface area contributed by atoms with Gasteiger partial charge in [0.25, 0.3) is 0 Å². The van der Waals surface area contributed by atoms with Crippen LogP contribution in [0.4, 0.5) is 8.78 Å². The lowest BCUT2D eigenvalue weighted by Crippen LogP contribution is -2.54. The van der Waals surface area contributed by atoms with E-state index in [4.69, 9.17) is 18.0 Å². The smallest absolute Gasteiger partial charge is 0.244 e. The molecule has 1 aliphatic carbocycles. The van der Waals surface area contributed by atoms with Crippen molar-refractivity contribution in [3.05, 3.63) is 29.8 Å². The molecular formula is C12H14F2N2O2S2. The lowest BCUT2D eigenvalue weighted by Gasteiger charge is -2.28. The van der Waals surface area contributed by atoms with E-state index in [1.54, 1.807) is 0 Å². The molecule has 0 unspecified atom stereocenters. The van der Waals surface area contributed by atoms with Gasteiger partial charge in [0.05, 0.1) is 10.5 Å². The molecule has 2 rings (SSSR count). The summed E-state index contributed by atoms with van der Waals surface area (Å²) < 4.78 is 53.3. The summed E-state index contributed by atoms with van der Waals surface area (Å²) in [7, 11) is -4.15. The zero-order valence-electron chi connectivity index (χ0n) is 10.5. The largest absolute Gasteiger partial charge is 0.392 e. The molecule has 0 spiro atoms. The molecule has 110 valence electrons. The molecule has 0 atom stereocenters. The third-order valence-corrected chi connectivity index (χ3v) is 5.40. The van der Waals surface area contributed by atoms with Crippen LogP contribution in [0.1, 0.15) is 25.7 Å². The van der Waals surface area contributed by atoms with Gasteiger partial charge in [0.1, 0.15) is 16.5 Å². The number of hydrogen-bond acceptors (Lipinski definition) is 3. The fraction of sp³-hybridized carbons (Fsp3) is 0.417. The average molecular weight is 320 g/mol. The Kier molecular flexibility index (Phi) is 4.08. The van der Waals surface area contributed by atoms with Crippen LogP contribution in [0.25, 0.3) is 0 Å². The molecule has 0 amide bonds. The van der Waals surface area contributed by atoms with Crippen molar-refractivity contribution >= 4 is 27.2 Å². The molecule has 1 aromatic carbocycles. The number of halogens is 2. The van der Waals surface area contributed by atoms with Gasteiger partial charge >= 0.3 is 0 Å². The van der Waals surface area contributed by atoms with Crippen LogP contribution in [-0.4, -0.2) is 18.9 Å². The van der Waals surface area contributed by atoms with E-state index in [1.165, 1.54) is 0 Å². The first-order valence-corrected chi connectivity index (χ1v) is 7.95. The Bertz CT molecular complexity index is 641. The van der Waals surface area contributed by atoms with Crippen molar-refractivity contribution in [1.29, 1.82) is 0 Å². The Balaban J connectivity index is 2.38. The molecule has 1 fully saturated rings. The maximum atomic E-state index is 13.6. The first-order valence-electron chi connectivity index (χ1n) is 6.06. The zero-order chi connectivity index (χ0) is 15.0. The van der Waals surface area contributed by atoms with E-state index < -0.39 is 32.1 Å². The van der Waals surface area contributed by atoms with Crippen LogP contribution < -0.4 is 10.5 Å². The lowest BCUT2D eigenvalue weighted by molar-refractivity contribution is 0.495. The molecule has 3 N–H and O–H groups in total. The van der Waals surface area contributed by atoms with Crippen LogP contribution >= 0.6 is 12.2 Å². The highest BCUT2D eigenvalue weighted by Crippen LogP contribution is 2.32. The van der Waals surface area contributed by atoms with E-state index in [0.717, 1.165) is 25.0 Å². The molecule has 0 aliphatic heterocycles. The number of sulfonamides is 1. The summed E-state index contributed by atoms with van der Waals surface area (Å²) in [6, 6.07) is 2.30. The highest BCUT2D eigenvalue weighted by Gasteiger charge is 2.41. The van der Waals surface area contributed by atoms with Crippen LogP contribution in [0.3, 0.4) is 0 Å². The highest BCUT2D eigenvalue weighted by molar-refractivity contribution is 7.89. The Morgan fingerprint density at radius 1 is 1.30 bits per heavy atom. The van der Waals surface area contributed by atoms with Crippen molar-refractivity contribution in [2.75, 3.05) is 0 Å².